The number of thioether (sulfide) groups is 1. The predicted molar refractivity (Wildman–Crippen MR) is 111 cm³/mol. The monoisotopic (exact) mass is 437 g/mol. The molecule has 0 saturated heterocycles. The van der Waals surface area contributed by atoms with Crippen LogP contribution in [0.3, 0.4) is 0 Å². The quantitative estimate of drug-likeness (QED) is 0.328. The third-order valence-electron chi connectivity index (χ3n) is 3.79. The van der Waals surface area contributed by atoms with Crippen LogP contribution in [0, 0.1) is 17.0 Å². The van der Waals surface area contributed by atoms with E-state index in [2.05, 4.69) is 15.5 Å². The lowest BCUT2D eigenvalue weighted by Gasteiger charge is -2.08. The highest BCUT2D eigenvalue weighted by atomic mass is 35.5. The van der Waals surface area contributed by atoms with Gasteiger partial charge in [-0.25, -0.2) is 0 Å². The average molecular weight is 438 g/mol. The van der Waals surface area contributed by atoms with E-state index in [-0.39, 0.29) is 28.1 Å². The molecule has 0 saturated carbocycles. The highest BCUT2D eigenvalue weighted by Crippen LogP contribution is 2.29. The molecule has 0 radical (unpaired) electrons. The Kier molecular flexibility index (Phi) is 6.32. The number of carbonyl (C=O) groups is 1. The van der Waals surface area contributed by atoms with Crippen LogP contribution in [0.25, 0.3) is 11.4 Å². The third-order valence-corrected chi connectivity index (χ3v) is 5.95. The van der Waals surface area contributed by atoms with Crippen molar-refractivity contribution in [1.29, 1.82) is 0 Å². The Morgan fingerprint density at radius 3 is 2.82 bits per heavy atom. The Labute approximate surface area is 174 Å². The summed E-state index contributed by atoms with van der Waals surface area (Å²) in [6.07, 6.45) is 0. The molecule has 3 rings (SSSR count). The van der Waals surface area contributed by atoms with E-state index in [4.69, 9.17) is 11.6 Å². The number of thiophene rings is 1. The van der Waals surface area contributed by atoms with Crippen LogP contribution in [0.4, 0.5) is 11.4 Å². The summed E-state index contributed by atoms with van der Waals surface area (Å²) in [5.41, 5.74) is 1.05. The molecule has 2 aromatic heterocycles. The first-order chi connectivity index (χ1) is 13.4. The number of nitro benzene ring substituents is 1. The van der Waals surface area contributed by atoms with Crippen molar-refractivity contribution in [1.82, 2.24) is 14.8 Å². The zero-order valence-corrected chi connectivity index (χ0v) is 17.4. The first-order valence-electron chi connectivity index (χ1n) is 8.24. The van der Waals surface area contributed by atoms with Crippen LogP contribution in [-0.4, -0.2) is 31.3 Å². The maximum Gasteiger partial charge on any atom is 0.271 e. The van der Waals surface area contributed by atoms with Gasteiger partial charge in [-0.1, -0.05) is 23.4 Å². The molecule has 1 aromatic carbocycles. The van der Waals surface area contributed by atoms with Gasteiger partial charge in [0.15, 0.2) is 11.0 Å². The standard InChI is InChI=1S/C17H16ClN5O3S2/c1-3-22-16(11-6-10(2)27-8-11)20-21-17(22)28-9-15(24)19-14-7-12(23(25)26)4-5-13(14)18/h4-8H,3,9H2,1-2H3,(H,19,24). The fourth-order valence-corrected chi connectivity index (χ4v) is 4.14. The minimum Gasteiger partial charge on any atom is -0.324 e. The number of amides is 1. The minimum absolute atomic E-state index is 0.0693. The van der Waals surface area contributed by atoms with Crippen LogP contribution in [0.2, 0.25) is 5.02 Å². The van der Waals surface area contributed by atoms with Gasteiger partial charge in [-0.3, -0.25) is 14.9 Å². The second kappa shape index (κ2) is 8.72. The van der Waals surface area contributed by atoms with Crippen molar-refractivity contribution in [3.05, 3.63) is 49.7 Å². The number of aryl methyl sites for hydroxylation is 1. The molecule has 11 heteroatoms. The number of nitro groups is 1. The van der Waals surface area contributed by atoms with Gasteiger partial charge in [0.1, 0.15) is 0 Å². The van der Waals surface area contributed by atoms with Gasteiger partial charge in [-0.2, -0.15) is 0 Å². The fraction of sp³-hybridized carbons (Fsp3) is 0.235. The molecule has 8 nitrogen and oxygen atoms in total. The van der Waals surface area contributed by atoms with E-state index in [1.54, 1.807) is 11.3 Å². The van der Waals surface area contributed by atoms with Crippen molar-refractivity contribution < 1.29 is 9.72 Å². The summed E-state index contributed by atoms with van der Waals surface area (Å²) in [4.78, 5) is 23.8. The Bertz CT molecular complexity index is 1030. The molecule has 28 heavy (non-hydrogen) atoms. The number of hydrogen-bond donors (Lipinski definition) is 1. The van der Waals surface area contributed by atoms with Gasteiger partial charge in [-0.15, -0.1) is 21.5 Å². The van der Waals surface area contributed by atoms with Crippen molar-refractivity contribution in [2.45, 2.75) is 25.5 Å². The maximum absolute atomic E-state index is 12.3. The molecule has 0 fully saturated rings. The third kappa shape index (κ3) is 4.51. The fourth-order valence-electron chi connectivity index (χ4n) is 2.49. The molecule has 0 spiro atoms. The lowest BCUT2D eigenvalue weighted by Crippen LogP contribution is -2.15. The van der Waals surface area contributed by atoms with E-state index in [1.165, 1.54) is 34.8 Å². The van der Waals surface area contributed by atoms with E-state index >= 15 is 0 Å². The van der Waals surface area contributed by atoms with Gasteiger partial charge < -0.3 is 9.88 Å². The Balaban J connectivity index is 1.69. The molecule has 0 aliphatic rings. The number of non-ortho nitro benzene ring substituents is 1. The molecule has 146 valence electrons. The number of benzene rings is 1. The number of nitrogens with one attached hydrogen (secondary N) is 1. The first kappa shape index (κ1) is 20.3. The first-order valence-corrected chi connectivity index (χ1v) is 10.5. The smallest absolute Gasteiger partial charge is 0.271 e. The number of halogens is 1. The van der Waals surface area contributed by atoms with Gasteiger partial charge in [-0.05, 0) is 26.0 Å². The normalized spacial score (nSPS) is 10.8. The molecule has 0 aliphatic carbocycles. The van der Waals surface area contributed by atoms with Gasteiger partial charge in [0.05, 0.1) is 21.4 Å². The topological polar surface area (TPSA) is 103 Å². The van der Waals surface area contributed by atoms with Crippen LogP contribution in [0.5, 0.6) is 0 Å². The molecule has 0 unspecified atom stereocenters. The van der Waals surface area contributed by atoms with E-state index in [9.17, 15) is 14.9 Å². The summed E-state index contributed by atoms with van der Waals surface area (Å²) in [5.74, 6) is 0.488. The Hall–Kier alpha value is -2.43. The van der Waals surface area contributed by atoms with Gasteiger partial charge >= 0.3 is 0 Å². The molecule has 1 amide bonds. The minimum atomic E-state index is -0.544. The van der Waals surface area contributed by atoms with Gasteiger partial charge in [0, 0.05) is 34.5 Å². The van der Waals surface area contributed by atoms with E-state index in [0.717, 1.165) is 11.4 Å². The predicted octanol–water partition coefficient (Wildman–Crippen LogP) is 4.63. The molecule has 1 N–H and O–H groups in total. The summed E-state index contributed by atoms with van der Waals surface area (Å²) < 4.78 is 1.94. The van der Waals surface area contributed by atoms with E-state index in [0.29, 0.717) is 11.7 Å². The molecule has 0 atom stereocenters. The highest BCUT2D eigenvalue weighted by molar-refractivity contribution is 7.99. The zero-order chi connectivity index (χ0) is 20.3. The Morgan fingerprint density at radius 2 is 2.18 bits per heavy atom. The van der Waals surface area contributed by atoms with Crippen molar-refractivity contribution in [3.63, 3.8) is 0 Å². The Morgan fingerprint density at radius 1 is 1.39 bits per heavy atom. The van der Waals surface area contributed by atoms with Crippen molar-refractivity contribution in [3.8, 4) is 11.4 Å². The molecule has 2 heterocycles. The number of aromatic nitrogens is 3. The van der Waals surface area contributed by atoms with E-state index in [1.807, 2.05) is 29.9 Å². The summed E-state index contributed by atoms with van der Waals surface area (Å²) in [7, 11) is 0. The van der Waals surface area contributed by atoms with E-state index < -0.39 is 4.92 Å². The number of hydrogen-bond acceptors (Lipinski definition) is 7. The lowest BCUT2D eigenvalue weighted by molar-refractivity contribution is -0.384. The van der Waals surface area contributed by atoms with Gasteiger partial charge in [0.2, 0.25) is 5.91 Å². The molecule has 3 aromatic rings. The zero-order valence-electron chi connectivity index (χ0n) is 15.0. The SMILES string of the molecule is CCn1c(SCC(=O)Nc2cc([N+](=O)[O-])ccc2Cl)nnc1-c1csc(C)c1. The number of anilines is 1. The maximum atomic E-state index is 12.3. The number of carbonyl (C=O) groups excluding carboxylic acids is 1. The lowest BCUT2D eigenvalue weighted by atomic mass is 10.3. The molecule has 0 aliphatic heterocycles. The molecular weight excluding hydrogens is 422 g/mol. The second-order valence-corrected chi connectivity index (χ2v) is 8.22. The average Bonchev–Trinajstić information content (AvgIpc) is 3.27. The largest absolute Gasteiger partial charge is 0.324 e. The summed E-state index contributed by atoms with van der Waals surface area (Å²) in [6, 6.07) is 5.94. The molecular formula is C17H16ClN5O3S2. The number of nitrogens with zero attached hydrogens (tertiary/aromatic N) is 4. The summed E-state index contributed by atoms with van der Waals surface area (Å²) >= 11 is 8.89. The summed E-state index contributed by atoms with van der Waals surface area (Å²) in [6.45, 7) is 4.68. The van der Waals surface area contributed by atoms with Crippen LogP contribution in [-0.2, 0) is 11.3 Å². The van der Waals surface area contributed by atoms with Crippen LogP contribution < -0.4 is 5.32 Å². The van der Waals surface area contributed by atoms with Crippen LogP contribution in [0.1, 0.15) is 11.8 Å². The van der Waals surface area contributed by atoms with Crippen LogP contribution in [0.15, 0.2) is 34.8 Å². The van der Waals surface area contributed by atoms with Crippen molar-refractivity contribution in [2.75, 3.05) is 11.1 Å². The number of rotatable bonds is 7. The van der Waals surface area contributed by atoms with Crippen molar-refractivity contribution >= 4 is 52.0 Å². The summed E-state index contributed by atoms with van der Waals surface area (Å²) in [5, 5.41) is 24.8. The van der Waals surface area contributed by atoms with Crippen molar-refractivity contribution in [2.24, 2.45) is 0 Å². The van der Waals surface area contributed by atoms with Gasteiger partial charge in [0.25, 0.3) is 5.69 Å². The van der Waals surface area contributed by atoms with Crippen LogP contribution >= 0.6 is 34.7 Å². The molecule has 0 bridgehead atoms. The second-order valence-electron chi connectivity index (χ2n) is 5.75. The highest BCUT2D eigenvalue weighted by Gasteiger charge is 2.17.